The monoisotopic (exact) mass is 409 g/mol. The molecule has 1 saturated carbocycles. The number of carbonyl (C=O) groups is 1. The lowest BCUT2D eigenvalue weighted by Crippen LogP contribution is -2.63. The number of carbonyl (C=O) groups excluding carboxylic acids is 1. The van der Waals surface area contributed by atoms with Gasteiger partial charge in [-0.15, -0.1) is 11.3 Å². The van der Waals surface area contributed by atoms with Crippen LogP contribution >= 0.6 is 22.9 Å². The van der Waals surface area contributed by atoms with Crippen molar-refractivity contribution in [1.82, 2.24) is 15.2 Å². The van der Waals surface area contributed by atoms with Crippen LogP contribution in [0.1, 0.15) is 46.8 Å². The maximum Gasteiger partial charge on any atom is 0.263 e. The van der Waals surface area contributed by atoms with Crippen molar-refractivity contribution in [2.24, 2.45) is 0 Å². The van der Waals surface area contributed by atoms with Gasteiger partial charge in [-0.1, -0.05) is 12.8 Å². The maximum atomic E-state index is 12.8. The van der Waals surface area contributed by atoms with E-state index in [1.807, 2.05) is 13.0 Å². The second-order valence-electron chi connectivity index (χ2n) is 7.37. The second-order valence-corrected chi connectivity index (χ2v) is 8.60. The Bertz CT molecular complexity index is 804. The fourth-order valence-corrected chi connectivity index (χ4v) is 5.06. The van der Waals surface area contributed by atoms with Crippen LogP contribution in [0, 0.1) is 6.92 Å². The van der Waals surface area contributed by atoms with E-state index >= 15 is 0 Å². The van der Waals surface area contributed by atoms with E-state index in [-0.39, 0.29) is 17.6 Å². The first-order valence-corrected chi connectivity index (χ1v) is 10.6. The number of nitrogens with zero attached hydrogens (tertiary/aromatic N) is 2. The summed E-state index contributed by atoms with van der Waals surface area (Å²) in [6, 6.07) is 3.69. The van der Waals surface area contributed by atoms with Crippen LogP contribution in [-0.4, -0.2) is 47.1 Å². The fraction of sp³-hybridized carbons (Fsp3) is 0.579. The van der Waals surface area contributed by atoms with E-state index in [2.05, 4.69) is 15.2 Å². The zero-order valence-corrected chi connectivity index (χ0v) is 16.9. The van der Waals surface area contributed by atoms with Crippen LogP contribution in [0.15, 0.2) is 22.1 Å². The summed E-state index contributed by atoms with van der Waals surface area (Å²) in [7, 11) is 0. The standard InChI is InChI=1S/C19H24ClN3O3S/c1-13-17(27-12-21-13)18(24)22-15-4-2-3-7-19(15)11-23(8-9-25-19)10-14-5-6-16(20)26-14/h5-6,12,15H,2-4,7-11H2,1H3,(H,22,24)/t15-,19+/m0/s1. The van der Waals surface area contributed by atoms with E-state index in [4.69, 9.17) is 20.8 Å². The van der Waals surface area contributed by atoms with Gasteiger partial charge in [-0.3, -0.25) is 9.69 Å². The molecule has 0 unspecified atom stereocenters. The highest BCUT2D eigenvalue weighted by Crippen LogP contribution is 2.36. The zero-order chi connectivity index (χ0) is 18.9. The number of aryl methyl sites for hydroxylation is 1. The molecule has 2 fully saturated rings. The Balaban J connectivity index is 1.48. The summed E-state index contributed by atoms with van der Waals surface area (Å²) in [5, 5.41) is 3.66. The summed E-state index contributed by atoms with van der Waals surface area (Å²) >= 11 is 7.29. The summed E-state index contributed by atoms with van der Waals surface area (Å²) in [6.07, 6.45) is 4.11. The number of amides is 1. The van der Waals surface area contributed by atoms with E-state index in [0.717, 1.165) is 50.2 Å². The van der Waals surface area contributed by atoms with Gasteiger partial charge >= 0.3 is 0 Å². The molecule has 2 aliphatic rings. The second kappa shape index (κ2) is 7.91. The third-order valence-corrected chi connectivity index (χ3v) is 6.66. The molecule has 3 heterocycles. The Morgan fingerprint density at radius 2 is 2.37 bits per heavy atom. The maximum absolute atomic E-state index is 12.8. The Hall–Kier alpha value is -1.41. The molecular formula is C19H24ClN3O3S. The Morgan fingerprint density at radius 3 is 3.11 bits per heavy atom. The van der Waals surface area contributed by atoms with Crippen LogP contribution in [-0.2, 0) is 11.3 Å². The van der Waals surface area contributed by atoms with Crippen molar-refractivity contribution in [1.29, 1.82) is 0 Å². The van der Waals surface area contributed by atoms with Gasteiger partial charge in [-0.2, -0.15) is 0 Å². The minimum atomic E-state index is -0.346. The number of morpholine rings is 1. The first kappa shape index (κ1) is 18.9. The van der Waals surface area contributed by atoms with Gasteiger partial charge in [0.25, 0.3) is 5.91 Å². The number of aromatic nitrogens is 1. The van der Waals surface area contributed by atoms with Crippen molar-refractivity contribution < 1.29 is 13.9 Å². The fourth-order valence-electron chi connectivity index (χ4n) is 4.19. The van der Waals surface area contributed by atoms with E-state index in [0.29, 0.717) is 23.2 Å². The van der Waals surface area contributed by atoms with Crippen molar-refractivity contribution in [3.05, 3.63) is 39.2 Å². The molecule has 146 valence electrons. The highest BCUT2D eigenvalue weighted by Gasteiger charge is 2.46. The van der Waals surface area contributed by atoms with Gasteiger partial charge in [0, 0.05) is 13.1 Å². The summed E-state index contributed by atoms with van der Waals surface area (Å²) in [5.41, 5.74) is 2.15. The van der Waals surface area contributed by atoms with Gasteiger partial charge < -0.3 is 14.5 Å². The first-order chi connectivity index (χ1) is 13.1. The smallest absolute Gasteiger partial charge is 0.263 e. The van der Waals surface area contributed by atoms with Gasteiger partial charge in [0.2, 0.25) is 0 Å². The van der Waals surface area contributed by atoms with Gasteiger partial charge in [-0.25, -0.2) is 4.98 Å². The molecule has 6 nitrogen and oxygen atoms in total. The molecule has 0 bridgehead atoms. The van der Waals surface area contributed by atoms with E-state index in [1.54, 1.807) is 11.6 Å². The summed E-state index contributed by atoms with van der Waals surface area (Å²) in [5.74, 6) is 0.813. The van der Waals surface area contributed by atoms with E-state index < -0.39 is 0 Å². The summed E-state index contributed by atoms with van der Waals surface area (Å²) < 4.78 is 11.8. The quantitative estimate of drug-likeness (QED) is 0.834. The molecule has 2 aromatic rings. The number of furan rings is 1. The molecule has 1 spiro atoms. The van der Waals surface area contributed by atoms with Crippen LogP contribution in [0.25, 0.3) is 0 Å². The van der Waals surface area contributed by atoms with Crippen LogP contribution in [0.3, 0.4) is 0 Å². The number of hydrogen-bond acceptors (Lipinski definition) is 6. The topological polar surface area (TPSA) is 67.6 Å². The molecule has 4 rings (SSSR count). The third kappa shape index (κ3) is 4.06. The van der Waals surface area contributed by atoms with Gasteiger partial charge in [0.1, 0.15) is 16.2 Å². The lowest BCUT2D eigenvalue weighted by Gasteiger charge is -2.49. The number of rotatable bonds is 4. The van der Waals surface area contributed by atoms with Crippen molar-refractivity contribution in [2.45, 2.75) is 50.8 Å². The highest BCUT2D eigenvalue weighted by molar-refractivity contribution is 7.11. The van der Waals surface area contributed by atoms with Gasteiger partial charge in [0.05, 0.1) is 30.4 Å². The minimum Gasteiger partial charge on any atom is -0.448 e. The number of nitrogens with one attached hydrogen (secondary N) is 1. The van der Waals surface area contributed by atoms with Gasteiger partial charge in [0.15, 0.2) is 5.22 Å². The molecule has 1 saturated heterocycles. The van der Waals surface area contributed by atoms with Crippen molar-refractivity contribution in [3.8, 4) is 0 Å². The molecule has 2 atom stereocenters. The predicted molar refractivity (Wildman–Crippen MR) is 104 cm³/mol. The number of thiazole rings is 1. The number of halogens is 1. The molecule has 0 aromatic carbocycles. The number of hydrogen-bond donors (Lipinski definition) is 1. The molecule has 8 heteroatoms. The summed E-state index contributed by atoms with van der Waals surface area (Å²) in [4.78, 5) is 20.0. The summed E-state index contributed by atoms with van der Waals surface area (Å²) in [6.45, 7) is 4.84. The molecule has 27 heavy (non-hydrogen) atoms. The molecule has 0 radical (unpaired) electrons. The average Bonchev–Trinajstić information content (AvgIpc) is 3.25. The van der Waals surface area contributed by atoms with Gasteiger partial charge in [-0.05, 0) is 43.5 Å². The van der Waals surface area contributed by atoms with Crippen molar-refractivity contribution in [3.63, 3.8) is 0 Å². The molecule has 1 aliphatic carbocycles. The molecule has 2 aromatic heterocycles. The Morgan fingerprint density at radius 1 is 1.48 bits per heavy atom. The molecule has 1 aliphatic heterocycles. The largest absolute Gasteiger partial charge is 0.448 e. The zero-order valence-electron chi connectivity index (χ0n) is 15.4. The predicted octanol–water partition coefficient (Wildman–Crippen LogP) is 3.64. The van der Waals surface area contributed by atoms with Crippen LogP contribution < -0.4 is 5.32 Å². The minimum absolute atomic E-state index is 0.00300. The molecule has 1 amide bonds. The van der Waals surface area contributed by atoms with Crippen LogP contribution in [0.2, 0.25) is 5.22 Å². The van der Waals surface area contributed by atoms with Crippen molar-refractivity contribution in [2.75, 3.05) is 19.7 Å². The first-order valence-electron chi connectivity index (χ1n) is 9.37. The Kier molecular flexibility index (Phi) is 5.55. The van der Waals surface area contributed by atoms with Crippen LogP contribution in [0.5, 0.6) is 0 Å². The number of ether oxygens (including phenoxy) is 1. The van der Waals surface area contributed by atoms with E-state index in [1.165, 1.54) is 11.3 Å². The lowest BCUT2D eigenvalue weighted by atomic mass is 9.78. The third-order valence-electron chi connectivity index (χ3n) is 5.53. The SMILES string of the molecule is Cc1ncsc1C(=O)N[C@H]1CCCC[C@@]12CN(Cc1ccc(Cl)o1)CCO2. The molecule has 1 N–H and O–H groups in total. The molecular weight excluding hydrogens is 386 g/mol. The average molecular weight is 410 g/mol. The lowest BCUT2D eigenvalue weighted by molar-refractivity contribution is -0.143. The van der Waals surface area contributed by atoms with Crippen LogP contribution in [0.4, 0.5) is 0 Å². The van der Waals surface area contributed by atoms with Crippen molar-refractivity contribution >= 4 is 28.8 Å². The Labute approximate surface area is 167 Å². The highest BCUT2D eigenvalue weighted by atomic mass is 35.5. The normalized spacial score (nSPS) is 26.4. The van der Waals surface area contributed by atoms with E-state index in [9.17, 15) is 4.79 Å².